The van der Waals surface area contributed by atoms with E-state index in [-0.39, 0.29) is 28.1 Å². The van der Waals surface area contributed by atoms with Crippen LogP contribution in [0.25, 0.3) is 0 Å². The smallest absolute Gasteiger partial charge is 0.119 e. The summed E-state index contributed by atoms with van der Waals surface area (Å²) in [6.45, 7) is -7.34. The molecule has 1 aliphatic rings. The van der Waals surface area contributed by atoms with Gasteiger partial charge in [-0.2, -0.15) is 0 Å². The lowest BCUT2D eigenvalue weighted by atomic mass is 9.90. The summed E-state index contributed by atoms with van der Waals surface area (Å²) in [5.74, 6) is -0.892. The Labute approximate surface area is 183 Å². The molecule has 0 bridgehead atoms. The highest BCUT2D eigenvalue weighted by Gasteiger charge is 2.43. The Morgan fingerprint density at radius 2 is 1.96 bits per heavy atom. The van der Waals surface area contributed by atoms with Crippen molar-refractivity contribution < 1.29 is 43.6 Å². The third-order valence-electron chi connectivity index (χ3n) is 4.29. The minimum Gasteiger partial charge on any atom is -0.494 e. The van der Waals surface area contributed by atoms with Crippen molar-refractivity contribution in [1.82, 2.24) is 0 Å². The molecule has 1 saturated heterocycles. The van der Waals surface area contributed by atoms with E-state index in [1.54, 1.807) is 0 Å². The summed E-state index contributed by atoms with van der Waals surface area (Å²) < 4.78 is 88.7. The van der Waals surface area contributed by atoms with E-state index in [2.05, 4.69) is 0 Å². The summed E-state index contributed by atoms with van der Waals surface area (Å²) in [6.07, 6.45) is -9.56. The van der Waals surface area contributed by atoms with Gasteiger partial charge in [0.2, 0.25) is 0 Å². The van der Waals surface area contributed by atoms with Gasteiger partial charge in [-0.25, -0.2) is 0 Å². The average molecular weight is 419 g/mol. The molecule has 6 nitrogen and oxygen atoms in total. The van der Waals surface area contributed by atoms with Gasteiger partial charge in [0, 0.05) is 9.13 Å². The zero-order valence-corrected chi connectivity index (χ0v) is 15.2. The fraction of sp³-hybridized carbons (Fsp3) is 0.429. The Balaban J connectivity index is 2.05. The van der Waals surface area contributed by atoms with Crippen molar-refractivity contribution in [2.45, 2.75) is 43.8 Å². The van der Waals surface area contributed by atoms with Crippen LogP contribution >= 0.6 is 11.6 Å². The fourth-order valence-electron chi connectivity index (χ4n) is 2.82. The second kappa shape index (κ2) is 9.22. The van der Waals surface area contributed by atoms with Crippen molar-refractivity contribution in [3.05, 3.63) is 64.1 Å². The molecule has 3 rings (SSSR count). The van der Waals surface area contributed by atoms with Crippen molar-refractivity contribution >= 4 is 11.6 Å². The molecule has 4 N–H and O–H groups in total. The Bertz CT molecular complexity index is 1180. The van der Waals surface area contributed by atoms with E-state index < -0.39 is 80.4 Å². The molecule has 0 unspecified atom stereocenters. The third kappa shape index (κ3) is 4.49. The van der Waals surface area contributed by atoms with Gasteiger partial charge in [-0.3, -0.25) is 0 Å². The maximum absolute atomic E-state index is 10.5. The highest BCUT2D eigenvalue weighted by molar-refractivity contribution is 6.31. The number of aliphatic hydroxyl groups excluding tert-OH is 4. The van der Waals surface area contributed by atoms with Crippen molar-refractivity contribution in [3.63, 3.8) is 0 Å². The van der Waals surface area contributed by atoms with Crippen molar-refractivity contribution in [2.75, 3.05) is 13.2 Å². The van der Waals surface area contributed by atoms with Crippen LogP contribution in [-0.4, -0.2) is 58.0 Å². The van der Waals surface area contributed by atoms with E-state index in [4.69, 9.17) is 34.8 Å². The number of aliphatic hydroxyl groups is 4. The normalized spacial score (nSPS) is 36.3. The van der Waals surface area contributed by atoms with E-state index in [0.29, 0.717) is 0 Å². The molecular formula is C21H25ClO6. The van der Waals surface area contributed by atoms with Gasteiger partial charge in [0.15, 0.2) is 0 Å². The molecule has 2 aromatic carbocycles. The van der Waals surface area contributed by atoms with Gasteiger partial charge in [-0.1, -0.05) is 35.8 Å². The van der Waals surface area contributed by atoms with Gasteiger partial charge in [0.25, 0.3) is 0 Å². The number of benzene rings is 2. The van der Waals surface area contributed by atoms with Crippen molar-refractivity contribution in [2.24, 2.45) is 0 Å². The molecule has 28 heavy (non-hydrogen) atoms. The van der Waals surface area contributed by atoms with E-state index in [9.17, 15) is 20.4 Å². The van der Waals surface area contributed by atoms with E-state index in [1.807, 2.05) is 0 Å². The number of rotatable bonds is 6. The van der Waals surface area contributed by atoms with Crippen LogP contribution < -0.4 is 4.74 Å². The van der Waals surface area contributed by atoms with Crippen LogP contribution in [0, 0.1) is 0 Å². The first-order valence-corrected chi connectivity index (χ1v) is 8.65. The number of ether oxygens (including phenoxy) is 2. The van der Waals surface area contributed by atoms with Gasteiger partial charge in [-0.15, -0.1) is 0 Å². The minimum absolute atomic E-state index is 0.0603. The molecule has 0 radical (unpaired) electrons. The predicted octanol–water partition coefficient (Wildman–Crippen LogP) is 1.84. The zero-order valence-electron chi connectivity index (χ0n) is 24.4. The Hall–Kier alpha value is -1.67. The Kier molecular flexibility index (Phi) is 3.79. The third-order valence-corrected chi connectivity index (χ3v) is 4.65. The van der Waals surface area contributed by atoms with Crippen molar-refractivity contribution in [3.8, 4) is 5.75 Å². The van der Waals surface area contributed by atoms with Gasteiger partial charge < -0.3 is 29.9 Å². The Morgan fingerprint density at radius 3 is 2.64 bits per heavy atom. The summed E-state index contributed by atoms with van der Waals surface area (Å²) >= 11 is 6.28. The molecule has 7 heteroatoms. The summed E-state index contributed by atoms with van der Waals surface area (Å²) in [5, 5.41) is 40.2. The van der Waals surface area contributed by atoms with Crippen LogP contribution in [0.2, 0.25) is 5.02 Å². The second-order valence-electron chi connectivity index (χ2n) is 6.12. The van der Waals surface area contributed by atoms with Crippen LogP contribution in [0.15, 0.2) is 42.4 Å². The molecule has 2 aromatic rings. The molecule has 0 aliphatic carbocycles. The summed E-state index contributed by atoms with van der Waals surface area (Å²) in [7, 11) is 0. The lowest BCUT2D eigenvalue weighted by Gasteiger charge is -2.40. The van der Waals surface area contributed by atoms with Crippen LogP contribution in [0.1, 0.15) is 43.3 Å². The maximum Gasteiger partial charge on any atom is 0.119 e. The molecular weight excluding hydrogens is 384 g/mol. The van der Waals surface area contributed by atoms with Crippen LogP contribution in [0.3, 0.4) is 0 Å². The first-order valence-electron chi connectivity index (χ1n) is 13.3. The SMILES string of the molecule is [2H]c1c([2H])c(OC([2H])([2H])C([2H])([2H])[2H])c([2H])c([2H])c1Cc1cc([C@]2([2H])O[C@H](CO)[C@@H](O)[C@H](O)[C@H]2O)ccc1Cl. The lowest BCUT2D eigenvalue weighted by Crippen LogP contribution is -2.55. The highest BCUT2D eigenvalue weighted by Crippen LogP contribution is 2.34. The standard InChI is InChI=1S/C21H25ClO6/c1-2-27-15-6-3-12(4-7-15)9-14-10-13(5-8-16(14)22)21-20(26)19(25)18(24)17(11-23)28-21/h3-8,10,17-21,23-26H,2,9,11H2,1H3/t17-,18-,19+,20-,21+/m1/s1/i1D3,2D2,3D,4D,6D,7D,21D. The number of hydrogen-bond donors (Lipinski definition) is 4. The quantitative estimate of drug-likeness (QED) is 0.571. The van der Waals surface area contributed by atoms with Crippen LogP contribution in [-0.2, 0) is 11.2 Å². The number of halogens is 1. The molecule has 0 saturated carbocycles. The monoisotopic (exact) mass is 418 g/mol. The van der Waals surface area contributed by atoms with Crippen LogP contribution in [0.4, 0.5) is 0 Å². The molecule has 0 aromatic heterocycles. The first-order chi connectivity index (χ1) is 17.4. The van der Waals surface area contributed by atoms with Gasteiger partial charge >= 0.3 is 0 Å². The predicted molar refractivity (Wildman–Crippen MR) is 105 cm³/mol. The van der Waals surface area contributed by atoms with Gasteiger partial charge in [0.05, 0.1) is 22.8 Å². The summed E-state index contributed by atoms with van der Waals surface area (Å²) in [5.41, 5.74) is -0.122. The molecule has 5 atom stereocenters. The first kappa shape index (κ1) is 11.5. The second-order valence-corrected chi connectivity index (χ2v) is 6.53. The fourth-order valence-corrected chi connectivity index (χ4v) is 3.00. The molecule has 1 aliphatic heterocycles. The Morgan fingerprint density at radius 1 is 1.21 bits per heavy atom. The number of hydrogen-bond acceptors (Lipinski definition) is 6. The van der Waals surface area contributed by atoms with Crippen LogP contribution in [0.5, 0.6) is 5.75 Å². The largest absolute Gasteiger partial charge is 0.494 e. The van der Waals surface area contributed by atoms with Gasteiger partial charge in [0.1, 0.15) is 36.2 Å². The molecule has 1 fully saturated rings. The molecule has 0 spiro atoms. The highest BCUT2D eigenvalue weighted by atomic mass is 35.5. The molecule has 1 heterocycles. The maximum atomic E-state index is 10.5. The topological polar surface area (TPSA) is 99.4 Å². The summed E-state index contributed by atoms with van der Waals surface area (Å²) in [6, 6.07) is 0.905. The summed E-state index contributed by atoms with van der Waals surface area (Å²) in [4.78, 5) is 0. The van der Waals surface area contributed by atoms with E-state index in [1.165, 1.54) is 18.2 Å². The molecule has 0 amide bonds. The van der Waals surface area contributed by atoms with E-state index >= 15 is 0 Å². The van der Waals surface area contributed by atoms with E-state index in [0.717, 1.165) is 0 Å². The molecule has 152 valence electrons. The lowest BCUT2D eigenvalue weighted by molar-refractivity contribution is -0.231. The average Bonchev–Trinajstić information content (AvgIpc) is 2.84. The zero-order chi connectivity index (χ0) is 29.0. The minimum atomic E-state index is -3.30. The van der Waals surface area contributed by atoms with Crippen molar-refractivity contribution in [1.29, 1.82) is 0 Å². The van der Waals surface area contributed by atoms with Gasteiger partial charge in [-0.05, 0) is 48.1 Å².